The van der Waals surface area contributed by atoms with E-state index in [0.29, 0.717) is 66.1 Å². The molecule has 2 aromatic heterocycles. The summed E-state index contributed by atoms with van der Waals surface area (Å²) in [5.41, 5.74) is 15.2. The average Bonchev–Trinajstić information content (AvgIpc) is 2.85. The van der Waals surface area contributed by atoms with Crippen LogP contribution >= 0.6 is 0 Å². The predicted octanol–water partition coefficient (Wildman–Crippen LogP) is 1.54. The molecule has 5 rings (SSSR count). The zero-order chi connectivity index (χ0) is 22.1. The maximum absolute atomic E-state index is 6.29. The van der Waals surface area contributed by atoms with Crippen LogP contribution < -0.4 is 26.0 Å². The second-order valence-corrected chi connectivity index (χ2v) is 7.81. The molecular weight excluding hydrogens is 410 g/mol. The lowest BCUT2D eigenvalue weighted by Gasteiger charge is -2.32. The van der Waals surface area contributed by atoms with Crippen molar-refractivity contribution in [2.45, 2.75) is 0 Å². The first-order chi connectivity index (χ1) is 15.6. The number of nitrogens with two attached hydrogens (primary N) is 2. The molecule has 0 radical (unpaired) electrons. The Balaban J connectivity index is 1.62. The lowest BCUT2D eigenvalue weighted by molar-refractivity contribution is 0.122. The van der Waals surface area contributed by atoms with Gasteiger partial charge in [-0.1, -0.05) is 0 Å². The number of rotatable bonds is 4. The first-order valence-corrected chi connectivity index (χ1v) is 10.7. The Kier molecular flexibility index (Phi) is 5.54. The van der Waals surface area contributed by atoms with Crippen LogP contribution in [0.1, 0.15) is 0 Å². The number of nitrogens with zero attached hydrogens (tertiary/aromatic N) is 5. The number of pyridine rings is 1. The van der Waals surface area contributed by atoms with Crippen molar-refractivity contribution in [2.24, 2.45) is 0 Å². The number of aromatic nitrogens is 3. The van der Waals surface area contributed by atoms with E-state index in [0.717, 1.165) is 37.7 Å². The monoisotopic (exact) mass is 437 g/mol. The summed E-state index contributed by atoms with van der Waals surface area (Å²) in [5.74, 6) is 2.24. The van der Waals surface area contributed by atoms with E-state index in [1.807, 2.05) is 6.07 Å². The third-order valence-electron chi connectivity index (χ3n) is 5.81. The second-order valence-electron chi connectivity index (χ2n) is 7.81. The first-order valence-electron chi connectivity index (χ1n) is 10.7. The summed E-state index contributed by atoms with van der Waals surface area (Å²) in [4.78, 5) is 18.7. The standard InChI is InChI=1S/C22H27N7O3/c1-30-19-13-17-15(12-16(19)23)21(24)27-22(26-17)18-10-14(28-2-6-31-7-3-28)11-20(25-18)29-4-8-32-9-5-29/h10-13H,2-9,23H2,1H3,(H2,24,26,27). The minimum atomic E-state index is 0.353. The van der Waals surface area contributed by atoms with E-state index in [2.05, 4.69) is 20.9 Å². The van der Waals surface area contributed by atoms with Gasteiger partial charge >= 0.3 is 0 Å². The van der Waals surface area contributed by atoms with Gasteiger partial charge in [0, 0.05) is 49.4 Å². The highest BCUT2D eigenvalue weighted by Gasteiger charge is 2.20. The topological polar surface area (TPSA) is 125 Å². The van der Waals surface area contributed by atoms with Gasteiger partial charge in [-0.2, -0.15) is 0 Å². The molecule has 4 N–H and O–H groups in total. The van der Waals surface area contributed by atoms with E-state index in [-0.39, 0.29) is 0 Å². The Bertz CT molecular complexity index is 1090. The van der Waals surface area contributed by atoms with Gasteiger partial charge in [-0.3, -0.25) is 0 Å². The van der Waals surface area contributed by atoms with Gasteiger partial charge in [0.05, 0.1) is 44.7 Å². The lowest BCUT2D eigenvalue weighted by atomic mass is 10.2. The van der Waals surface area contributed by atoms with Crippen LogP contribution in [0.5, 0.6) is 5.75 Å². The summed E-state index contributed by atoms with van der Waals surface area (Å²) in [6.07, 6.45) is 0. The highest BCUT2D eigenvalue weighted by Crippen LogP contribution is 2.32. The fraction of sp³-hybridized carbons (Fsp3) is 0.409. The minimum Gasteiger partial charge on any atom is -0.495 e. The van der Waals surface area contributed by atoms with Crippen molar-refractivity contribution in [3.05, 3.63) is 24.3 Å². The predicted molar refractivity (Wildman–Crippen MR) is 124 cm³/mol. The number of hydrogen-bond acceptors (Lipinski definition) is 10. The van der Waals surface area contributed by atoms with Crippen molar-refractivity contribution < 1.29 is 14.2 Å². The zero-order valence-electron chi connectivity index (χ0n) is 18.1. The Morgan fingerprint density at radius 3 is 2.22 bits per heavy atom. The molecule has 0 atom stereocenters. The van der Waals surface area contributed by atoms with Crippen LogP contribution in [0.25, 0.3) is 22.4 Å². The van der Waals surface area contributed by atoms with Crippen LogP contribution in [-0.2, 0) is 9.47 Å². The zero-order valence-corrected chi connectivity index (χ0v) is 18.1. The average molecular weight is 438 g/mol. The maximum atomic E-state index is 6.29. The molecule has 168 valence electrons. The lowest BCUT2D eigenvalue weighted by Crippen LogP contribution is -2.38. The summed E-state index contributed by atoms with van der Waals surface area (Å²) in [6, 6.07) is 7.66. The number of morpholine rings is 2. The molecule has 2 aliphatic heterocycles. The molecule has 0 unspecified atom stereocenters. The van der Waals surface area contributed by atoms with Crippen LogP contribution in [0.4, 0.5) is 23.0 Å². The van der Waals surface area contributed by atoms with E-state index in [9.17, 15) is 0 Å². The Morgan fingerprint density at radius 1 is 0.844 bits per heavy atom. The molecule has 2 aliphatic rings. The molecule has 0 aliphatic carbocycles. The normalized spacial score (nSPS) is 17.0. The number of nitrogen functional groups attached to an aromatic ring is 2. The van der Waals surface area contributed by atoms with Gasteiger partial charge < -0.3 is 35.5 Å². The van der Waals surface area contributed by atoms with Crippen LogP contribution in [0.15, 0.2) is 24.3 Å². The molecule has 32 heavy (non-hydrogen) atoms. The molecule has 2 fully saturated rings. The fourth-order valence-electron chi connectivity index (χ4n) is 4.06. The summed E-state index contributed by atoms with van der Waals surface area (Å²) < 4.78 is 16.4. The number of hydrogen-bond donors (Lipinski definition) is 2. The minimum absolute atomic E-state index is 0.353. The van der Waals surface area contributed by atoms with Crippen molar-refractivity contribution in [3.63, 3.8) is 0 Å². The molecule has 0 spiro atoms. The third-order valence-corrected chi connectivity index (χ3v) is 5.81. The summed E-state index contributed by atoms with van der Waals surface area (Å²) in [7, 11) is 1.57. The second kappa shape index (κ2) is 8.64. The van der Waals surface area contributed by atoms with Gasteiger partial charge in [0.1, 0.15) is 23.1 Å². The van der Waals surface area contributed by atoms with E-state index >= 15 is 0 Å². The molecular formula is C22H27N7O3. The Hall–Kier alpha value is -3.37. The highest BCUT2D eigenvalue weighted by molar-refractivity contribution is 5.93. The van der Waals surface area contributed by atoms with E-state index < -0.39 is 0 Å². The fourth-order valence-corrected chi connectivity index (χ4v) is 4.06. The van der Waals surface area contributed by atoms with Crippen LogP contribution in [0, 0.1) is 0 Å². The van der Waals surface area contributed by atoms with Gasteiger partial charge in [0.2, 0.25) is 0 Å². The molecule has 1 aromatic carbocycles. The number of ether oxygens (including phenoxy) is 3. The SMILES string of the molecule is COc1cc2nc(-c3cc(N4CCOCC4)cc(N4CCOCC4)n3)nc(N)c2cc1N. The number of anilines is 4. The number of fused-ring (bicyclic) bond motifs is 1. The van der Waals surface area contributed by atoms with Crippen molar-refractivity contribution >= 4 is 33.9 Å². The quantitative estimate of drug-likeness (QED) is 0.581. The van der Waals surface area contributed by atoms with Gasteiger partial charge in [-0.15, -0.1) is 0 Å². The Morgan fingerprint density at radius 2 is 1.53 bits per heavy atom. The first kappa shape index (κ1) is 20.5. The number of methoxy groups -OCH3 is 1. The van der Waals surface area contributed by atoms with Crippen LogP contribution in [0.2, 0.25) is 0 Å². The molecule has 0 saturated carbocycles. The van der Waals surface area contributed by atoms with Gasteiger partial charge in [0.15, 0.2) is 5.82 Å². The number of benzene rings is 1. The smallest absolute Gasteiger partial charge is 0.180 e. The molecule has 10 heteroatoms. The maximum Gasteiger partial charge on any atom is 0.180 e. The molecule has 10 nitrogen and oxygen atoms in total. The molecule has 4 heterocycles. The van der Waals surface area contributed by atoms with Crippen molar-refractivity contribution in [1.82, 2.24) is 15.0 Å². The van der Waals surface area contributed by atoms with E-state index in [4.69, 9.17) is 35.6 Å². The van der Waals surface area contributed by atoms with Crippen molar-refractivity contribution in [3.8, 4) is 17.3 Å². The third kappa shape index (κ3) is 3.94. The summed E-state index contributed by atoms with van der Waals surface area (Å²) in [5, 5.41) is 0.685. The molecule has 2 saturated heterocycles. The van der Waals surface area contributed by atoms with Crippen LogP contribution in [0.3, 0.4) is 0 Å². The van der Waals surface area contributed by atoms with Gasteiger partial charge in [0.25, 0.3) is 0 Å². The molecule has 3 aromatic rings. The van der Waals surface area contributed by atoms with Crippen molar-refractivity contribution in [2.75, 3.05) is 81.0 Å². The molecule has 0 amide bonds. The van der Waals surface area contributed by atoms with Crippen LogP contribution in [-0.4, -0.2) is 74.7 Å². The van der Waals surface area contributed by atoms with Gasteiger partial charge in [-0.25, -0.2) is 15.0 Å². The van der Waals surface area contributed by atoms with Crippen molar-refractivity contribution in [1.29, 1.82) is 0 Å². The van der Waals surface area contributed by atoms with E-state index in [1.165, 1.54) is 0 Å². The summed E-state index contributed by atoms with van der Waals surface area (Å²) >= 11 is 0. The van der Waals surface area contributed by atoms with Gasteiger partial charge in [-0.05, 0) is 12.1 Å². The largest absolute Gasteiger partial charge is 0.495 e. The molecule has 0 bridgehead atoms. The Labute approximate surface area is 186 Å². The van der Waals surface area contributed by atoms with E-state index in [1.54, 1.807) is 19.2 Å². The summed E-state index contributed by atoms with van der Waals surface area (Å²) in [6.45, 7) is 5.98. The highest BCUT2D eigenvalue weighted by atomic mass is 16.5.